The van der Waals surface area contributed by atoms with Crippen molar-refractivity contribution in [2.45, 2.75) is 13.8 Å². The zero-order valence-electron chi connectivity index (χ0n) is 16.0. The largest absolute Gasteiger partial charge is 0.372 e. The Kier molecular flexibility index (Phi) is 4.93. The third kappa shape index (κ3) is 3.73. The molecule has 0 unspecified atom stereocenters. The van der Waals surface area contributed by atoms with Gasteiger partial charge in [-0.05, 0) is 76.9 Å². The van der Waals surface area contributed by atoms with Crippen LogP contribution in [0.25, 0.3) is 33.7 Å². The van der Waals surface area contributed by atoms with Crippen LogP contribution in [0.1, 0.15) is 25.0 Å². The molecule has 0 fully saturated rings. The van der Waals surface area contributed by atoms with Crippen molar-refractivity contribution in [2.75, 3.05) is 18.0 Å². The van der Waals surface area contributed by atoms with E-state index in [0.29, 0.717) is 0 Å². The number of hydrogen-bond acceptors (Lipinski definition) is 1. The van der Waals surface area contributed by atoms with Crippen molar-refractivity contribution in [1.29, 1.82) is 0 Å². The van der Waals surface area contributed by atoms with Crippen LogP contribution in [0.3, 0.4) is 0 Å². The number of anilines is 1. The lowest BCUT2D eigenvalue weighted by molar-refractivity contribution is 0.866. The predicted molar refractivity (Wildman–Crippen MR) is 120 cm³/mol. The van der Waals surface area contributed by atoms with Crippen LogP contribution < -0.4 is 4.90 Å². The molecule has 0 aromatic heterocycles. The molecule has 134 valence electrons. The fraction of sp³-hybridized carbons (Fsp3) is 0.154. The van der Waals surface area contributed by atoms with Crippen LogP contribution in [0.4, 0.5) is 5.69 Å². The Hall–Kier alpha value is -3.06. The second-order valence-corrected chi connectivity index (χ2v) is 6.90. The highest BCUT2D eigenvalue weighted by Crippen LogP contribution is 2.24. The van der Waals surface area contributed by atoms with E-state index in [1.165, 1.54) is 38.4 Å². The van der Waals surface area contributed by atoms with E-state index in [4.69, 9.17) is 0 Å². The SMILES string of the molecule is CCN(CC)c1ccc(/C=C/c2ccc3cc4ccccc4cc3c2)cc1. The van der Waals surface area contributed by atoms with Crippen LogP contribution in [0.15, 0.2) is 78.9 Å². The van der Waals surface area contributed by atoms with Gasteiger partial charge in [-0.15, -0.1) is 0 Å². The van der Waals surface area contributed by atoms with Crippen molar-refractivity contribution in [3.8, 4) is 0 Å². The number of fused-ring (bicyclic) bond motifs is 2. The normalized spacial score (nSPS) is 11.5. The maximum Gasteiger partial charge on any atom is 0.0366 e. The van der Waals surface area contributed by atoms with Crippen molar-refractivity contribution in [3.05, 3.63) is 90.0 Å². The zero-order chi connectivity index (χ0) is 18.6. The molecule has 27 heavy (non-hydrogen) atoms. The number of nitrogens with zero attached hydrogens (tertiary/aromatic N) is 1. The molecule has 1 nitrogen and oxygen atoms in total. The number of benzene rings is 4. The van der Waals surface area contributed by atoms with E-state index < -0.39 is 0 Å². The van der Waals surface area contributed by atoms with E-state index in [-0.39, 0.29) is 0 Å². The Morgan fingerprint density at radius 2 is 1.15 bits per heavy atom. The second kappa shape index (κ2) is 7.67. The van der Waals surface area contributed by atoms with Crippen LogP contribution in [-0.2, 0) is 0 Å². The summed E-state index contributed by atoms with van der Waals surface area (Å²) in [5.41, 5.74) is 3.74. The molecule has 0 atom stereocenters. The maximum absolute atomic E-state index is 2.36. The molecule has 0 aliphatic rings. The summed E-state index contributed by atoms with van der Waals surface area (Å²) in [5.74, 6) is 0. The molecule has 4 aromatic carbocycles. The Bertz CT molecular complexity index is 1090. The minimum Gasteiger partial charge on any atom is -0.372 e. The van der Waals surface area contributed by atoms with Gasteiger partial charge in [-0.2, -0.15) is 0 Å². The van der Waals surface area contributed by atoms with Gasteiger partial charge < -0.3 is 4.90 Å². The molecular weight excluding hydrogens is 326 g/mol. The van der Waals surface area contributed by atoms with Crippen LogP contribution in [0, 0.1) is 0 Å². The van der Waals surface area contributed by atoms with Gasteiger partial charge in [-0.25, -0.2) is 0 Å². The van der Waals surface area contributed by atoms with Crippen molar-refractivity contribution in [3.63, 3.8) is 0 Å². The lowest BCUT2D eigenvalue weighted by atomic mass is 10.0. The topological polar surface area (TPSA) is 3.24 Å². The van der Waals surface area contributed by atoms with Gasteiger partial charge in [0.25, 0.3) is 0 Å². The van der Waals surface area contributed by atoms with Gasteiger partial charge in [0.05, 0.1) is 0 Å². The standard InChI is InChI=1S/C26H25N/c1-3-27(4-2)26-15-12-20(13-16-26)9-10-21-11-14-24-18-22-7-5-6-8-23(22)19-25(24)17-21/h5-19H,3-4H2,1-2H3/b10-9+. The third-order valence-corrected chi connectivity index (χ3v) is 5.22. The Morgan fingerprint density at radius 3 is 1.81 bits per heavy atom. The summed E-state index contributed by atoms with van der Waals surface area (Å²) in [5, 5.41) is 5.15. The van der Waals surface area contributed by atoms with Gasteiger partial charge in [0.1, 0.15) is 0 Å². The molecule has 0 bridgehead atoms. The minimum atomic E-state index is 1.04. The highest BCUT2D eigenvalue weighted by molar-refractivity contribution is 5.99. The van der Waals surface area contributed by atoms with E-state index >= 15 is 0 Å². The molecule has 0 saturated heterocycles. The Balaban J connectivity index is 1.59. The fourth-order valence-electron chi connectivity index (χ4n) is 3.64. The summed E-state index contributed by atoms with van der Waals surface area (Å²) < 4.78 is 0. The number of rotatable bonds is 5. The summed E-state index contributed by atoms with van der Waals surface area (Å²) in [6.07, 6.45) is 4.38. The van der Waals surface area contributed by atoms with Crippen LogP contribution in [0.5, 0.6) is 0 Å². The molecule has 0 saturated carbocycles. The lowest BCUT2D eigenvalue weighted by Gasteiger charge is -2.20. The molecule has 0 radical (unpaired) electrons. The summed E-state index contributed by atoms with van der Waals surface area (Å²) in [6.45, 7) is 6.47. The molecule has 0 aliphatic carbocycles. The van der Waals surface area contributed by atoms with Gasteiger partial charge in [0.15, 0.2) is 0 Å². The van der Waals surface area contributed by atoms with E-state index in [2.05, 4.69) is 110 Å². The van der Waals surface area contributed by atoms with E-state index in [1.54, 1.807) is 0 Å². The third-order valence-electron chi connectivity index (χ3n) is 5.22. The molecule has 0 heterocycles. The average molecular weight is 351 g/mol. The first-order valence-corrected chi connectivity index (χ1v) is 9.72. The first kappa shape index (κ1) is 17.4. The zero-order valence-corrected chi connectivity index (χ0v) is 16.0. The highest BCUT2D eigenvalue weighted by Gasteiger charge is 2.01. The van der Waals surface area contributed by atoms with Crippen molar-refractivity contribution < 1.29 is 0 Å². The van der Waals surface area contributed by atoms with Crippen LogP contribution >= 0.6 is 0 Å². The molecule has 0 amide bonds. The second-order valence-electron chi connectivity index (χ2n) is 6.90. The summed E-state index contributed by atoms with van der Waals surface area (Å²) >= 11 is 0. The predicted octanol–water partition coefficient (Wildman–Crippen LogP) is 7.01. The summed E-state index contributed by atoms with van der Waals surface area (Å²) in [7, 11) is 0. The smallest absolute Gasteiger partial charge is 0.0366 e. The first-order valence-electron chi connectivity index (χ1n) is 9.72. The quantitative estimate of drug-likeness (QED) is 0.276. The monoisotopic (exact) mass is 351 g/mol. The van der Waals surface area contributed by atoms with Gasteiger partial charge in [-0.3, -0.25) is 0 Å². The first-order chi connectivity index (χ1) is 13.3. The molecule has 4 aromatic rings. The molecule has 0 aliphatic heterocycles. The van der Waals surface area contributed by atoms with Crippen molar-refractivity contribution in [2.24, 2.45) is 0 Å². The van der Waals surface area contributed by atoms with Crippen molar-refractivity contribution in [1.82, 2.24) is 0 Å². The summed E-state index contributed by atoms with van der Waals surface area (Å²) in [4.78, 5) is 2.36. The summed E-state index contributed by atoms with van der Waals surface area (Å²) in [6, 6.07) is 28.6. The molecule has 4 rings (SSSR count). The van der Waals surface area contributed by atoms with E-state index in [0.717, 1.165) is 13.1 Å². The minimum absolute atomic E-state index is 1.04. The van der Waals surface area contributed by atoms with Gasteiger partial charge >= 0.3 is 0 Å². The molecular formula is C26H25N. The average Bonchev–Trinajstić information content (AvgIpc) is 2.72. The van der Waals surface area contributed by atoms with Gasteiger partial charge in [-0.1, -0.05) is 60.7 Å². The number of hydrogen-bond donors (Lipinski definition) is 0. The van der Waals surface area contributed by atoms with Gasteiger partial charge in [0, 0.05) is 18.8 Å². The highest BCUT2D eigenvalue weighted by atomic mass is 15.1. The Morgan fingerprint density at radius 1 is 0.593 bits per heavy atom. The lowest BCUT2D eigenvalue weighted by Crippen LogP contribution is -2.21. The maximum atomic E-state index is 2.36. The Labute approximate surface area is 161 Å². The molecule has 0 spiro atoms. The van der Waals surface area contributed by atoms with Gasteiger partial charge in [0.2, 0.25) is 0 Å². The fourth-order valence-corrected chi connectivity index (χ4v) is 3.64. The molecule has 0 N–H and O–H groups in total. The van der Waals surface area contributed by atoms with Crippen molar-refractivity contribution >= 4 is 39.4 Å². The van der Waals surface area contributed by atoms with Crippen LogP contribution in [0.2, 0.25) is 0 Å². The molecule has 1 heteroatoms. The van der Waals surface area contributed by atoms with E-state index in [1.807, 2.05) is 0 Å². The van der Waals surface area contributed by atoms with Crippen LogP contribution in [-0.4, -0.2) is 13.1 Å². The van der Waals surface area contributed by atoms with E-state index in [9.17, 15) is 0 Å².